The van der Waals surface area contributed by atoms with Gasteiger partial charge in [0.15, 0.2) is 0 Å². The van der Waals surface area contributed by atoms with Gasteiger partial charge in [0.1, 0.15) is 5.82 Å². The van der Waals surface area contributed by atoms with Gasteiger partial charge in [0.05, 0.1) is 5.92 Å². The molecule has 2 rings (SSSR count). The summed E-state index contributed by atoms with van der Waals surface area (Å²) in [7, 11) is 0. The summed E-state index contributed by atoms with van der Waals surface area (Å²) in [4.78, 5) is 13.9. The predicted octanol–water partition coefficient (Wildman–Crippen LogP) is 2.55. The Hall–Kier alpha value is -1.88. The van der Waals surface area contributed by atoms with Crippen LogP contribution in [0.15, 0.2) is 24.4 Å². The van der Waals surface area contributed by atoms with E-state index in [2.05, 4.69) is 10.3 Å². The molecule has 0 fully saturated rings. The molecule has 0 aliphatic carbocycles. The fourth-order valence-electron chi connectivity index (χ4n) is 2.19. The van der Waals surface area contributed by atoms with Gasteiger partial charge >= 0.3 is 5.97 Å². The normalized spacial score (nSPS) is 14.3. The number of rotatable bonds is 6. The summed E-state index contributed by atoms with van der Waals surface area (Å²) in [6.07, 6.45) is 2.60. The third kappa shape index (κ3) is 3.36. The number of aromatic amines is 1. The van der Waals surface area contributed by atoms with Crippen molar-refractivity contribution >= 4 is 16.9 Å². The quantitative estimate of drug-likeness (QED) is 0.761. The fourth-order valence-corrected chi connectivity index (χ4v) is 2.19. The monoisotopic (exact) mass is 278 g/mol. The van der Waals surface area contributed by atoms with Crippen molar-refractivity contribution in [3.8, 4) is 0 Å². The molecule has 0 aliphatic rings. The molecule has 0 spiro atoms. The van der Waals surface area contributed by atoms with Gasteiger partial charge in [0, 0.05) is 29.7 Å². The average Bonchev–Trinajstić information content (AvgIpc) is 2.78. The van der Waals surface area contributed by atoms with Crippen LogP contribution in [0.25, 0.3) is 10.9 Å². The molecule has 0 saturated heterocycles. The van der Waals surface area contributed by atoms with Crippen LogP contribution < -0.4 is 5.32 Å². The molecule has 20 heavy (non-hydrogen) atoms. The average molecular weight is 278 g/mol. The number of H-pyrrole nitrogens is 1. The van der Waals surface area contributed by atoms with Gasteiger partial charge in [0.2, 0.25) is 0 Å². The van der Waals surface area contributed by atoms with E-state index in [1.54, 1.807) is 13.0 Å². The number of aromatic nitrogens is 1. The summed E-state index contributed by atoms with van der Waals surface area (Å²) < 4.78 is 13.3. The zero-order valence-corrected chi connectivity index (χ0v) is 11.6. The minimum atomic E-state index is -0.807. The maximum Gasteiger partial charge on any atom is 0.307 e. The second kappa shape index (κ2) is 6.05. The van der Waals surface area contributed by atoms with E-state index in [4.69, 9.17) is 5.11 Å². The van der Waals surface area contributed by atoms with Gasteiger partial charge in [-0.2, -0.15) is 0 Å². The van der Waals surface area contributed by atoms with Crippen molar-refractivity contribution in [3.05, 3.63) is 35.8 Å². The Bertz CT molecular complexity index is 609. The van der Waals surface area contributed by atoms with Crippen molar-refractivity contribution < 1.29 is 14.3 Å². The molecular weight excluding hydrogens is 259 g/mol. The Labute approximate surface area is 117 Å². The van der Waals surface area contributed by atoms with Crippen LogP contribution in [-0.2, 0) is 11.2 Å². The van der Waals surface area contributed by atoms with Gasteiger partial charge in [-0.1, -0.05) is 6.92 Å². The first-order valence-electron chi connectivity index (χ1n) is 6.69. The number of aliphatic carboxylic acids is 1. The van der Waals surface area contributed by atoms with Crippen molar-refractivity contribution in [2.45, 2.75) is 26.3 Å². The smallest absolute Gasteiger partial charge is 0.307 e. The van der Waals surface area contributed by atoms with E-state index in [0.717, 1.165) is 22.9 Å². The zero-order valence-electron chi connectivity index (χ0n) is 11.6. The van der Waals surface area contributed by atoms with E-state index < -0.39 is 11.9 Å². The lowest BCUT2D eigenvalue weighted by molar-refractivity contribution is -0.140. The van der Waals surface area contributed by atoms with E-state index >= 15 is 0 Å². The Morgan fingerprint density at radius 3 is 2.90 bits per heavy atom. The predicted molar refractivity (Wildman–Crippen MR) is 76.2 cm³/mol. The first kappa shape index (κ1) is 14.5. The highest BCUT2D eigenvalue weighted by Gasteiger charge is 2.13. The Kier molecular flexibility index (Phi) is 4.39. The summed E-state index contributed by atoms with van der Waals surface area (Å²) in [5.41, 5.74) is 1.94. The van der Waals surface area contributed by atoms with Crippen LogP contribution in [0.1, 0.15) is 19.4 Å². The van der Waals surface area contributed by atoms with Crippen LogP contribution in [0.2, 0.25) is 0 Å². The summed E-state index contributed by atoms with van der Waals surface area (Å²) in [6.45, 7) is 4.09. The number of fused-ring (bicyclic) bond motifs is 1. The fraction of sp³-hybridized carbons (Fsp3) is 0.400. The standard InChI is InChI=1S/C15H19FN2O2/c1-9(15(19)20)7-17-10(2)5-11-8-18-14-4-3-12(16)6-13(11)14/h3-4,6,8-10,17-18H,5,7H2,1-2H3,(H,19,20)/t9-,10-/m1/s1. The number of carbonyl (C=O) groups is 1. The third-order valence-corrected chi connectivity index (χ3v) is 3.45. The van der Waals surface area contributed by atoms with Crippen LogP contribution in [0.4, 0.5) is 4.39 Å². The molecular formula is C15H19FN2O2. The number of carboxylic acids is 1. The van der Waals surface area contributed by atoms with Gasteiger partial charge in [0.25, 0.3) is 0 Å². The third-order valence-electron chi connectivity index (χ3n) is 3.45. The SMILES string of the molecule is C[C@H](Cc1c[nH]c2ccc(F)cc12)NC[C@@H](C)C(=O)O. The molecule has 1 heterocycles. The maximum absolute atomic E-state index is 13.3. The summed E-state index contributed by atoms with van der Waals surface area (Å²) >= 11 is 0. The molecule has 0 amide bonds. The maximum atomic E-state index is 13.3. The highest BCUT2D eigenvalue weighted by Crippen LogP contribution is 2.20. The lowest BCUT2D eigenvalue weighted by atomic mass is 10.1. The molecule has 0 aliphatic heterocycles. The van der Waals surface area contributed by atoms with Gasteiger partial charge < -0.3 is 15.4 Å². The molecule has 2 aromatic rings. The van der Waals surface area contributed by atoms with Crippen LogP contribution in [0.5, 0.6) is 0 Å². The van der Waals surface area contributed by atoms with Crippen molar-refractivity contribution in [2.24, 2.45) is 5.92 Å². The number of carboxylic acid groups (broad SMARTS) is 1. The van der Waals surface area contributed by atoms with Gasteiger partial charge in [-0.25, -0.2) is 4.39 Å². The molecule has 0 bridgehead atoms. The minimum absolute atomic E-state index is 0.124. The van der Waals surface area contributed by atoms with Crippen molar-refractivity contribution in [2.75, 3.05) is 6.54 Å². The second-order valence-corrected chi connectivity index (χ2v) is 5.26. The molecule has 108 valence electrons. The van der Waals surface area contributed by atoms with E-state index in [-0.39, 0.29) is 11.9 Å². The number of hydrogen-bond donors (Lipinski definition) is 3. The van der Waals surface area contributed by atoms with Crippen molar-refractivity contribution in [1.29, 1.82) is 0 Å². The molecule has 0 unspecified atom stereocenters. The molecule has 0 radical (unpaired) electrons. The molecule has 3 N–H and O–H groups in total. The first-order valence-corrected chi connectivity index (χ1v) is 6.69. The van der Waals surface area contributed by atoms with Crippen LogP contribution in [0, 0.1) is 11.7 Å². The lowest BCUT2D eigenvalue weighted by Crippen LogP contribution is -2.34. The van der Waals surface area contributed by atoms with E-state index in [0.29, 0.717) is 6.54 Å². The summed E-state index contributed by atoms with van der Waals surface area (Å²) in [5, 5.41) is 12.9. The first-order chi connectivity index (χ1) is 9.47. The van der Waals surface area contributed by atoms with E-state index in [9.17, 15) is 9.18 Å². The van der Waals surface area contributed by atoms with E-state index in [1.165, 1.54) is 12.1 Å². The van der Waals surface area contributed by atoms with Gasteiger partial charge in [-0.15, -0.1) is 0 Å². The highest BCUT2D eigenvalue weighted by molar-refractivity contribution is 5.83. The zero-order chi connectivity index (χ0) is 14.7. The van der Waals surface area contributed by atoms with E-state index in [1.807, 2.05) is 13.1 Å². The molecule has 1 aromatic carbocycles. The highest BCUT2D eigenvalue weighted by atomic mass is 19.1. The molecule has 0 saturated carbocycles. The Balaban J connectivity index is 2.01. The Morgan fingerprint density at radius 1 is 1.45 bits per heavy atom. The molecule has 5 heteroatoms. The molecule has 2 atom stereocenters. The van der Waals surface area contributed by atoms with Crippen LogP contribution in [-0.4, -0.2) is 28.6 Å². The molecule has 4 nitrogen and oxygen atoms in total. The van der Waals surface area contributed by atoms with Crippen molar-refractivity contribution in [3.63, 3.8) is 0 Å². The lowest BCUT2D eigenvalue weighted by Gasteiger charge is -2.15. The van der Waals surface area contributed by atoms with Crippen LogP contribution >= 0.6 is 0 Å². The van der Waals surface area contributed by atoms with Gasteiger partial charge in [-0.05, 0) is 37.1 Å². The van der Waals surface area contributed by atoms with Gasteiger partial charge in [-0.3, -0.25) is 4.79 Å². The largest absolute Gasteiger partial charge is 0.481 e. The molecule has 1 aromatic heterocycles. The second-order valence-electron chi connectivity index (χ2n) is 5.26. The Morgan fingerprint density at radius 2 is 2.20 bits per heavy atom. The number of halogens is 1. The topological polar surface area (TPSA) is 65.1 Å². The summed E-state index contributed by atoms with van der Waals surface area (Å²) in [6, 6.07) is 4.80. The minimum Gasteiger partial charge on any atom is -0.481 e. The number of hydrogen-bond acceptors (Lipinski definition) is 2. The van der Waals surface area contributed by atoms with Crippen molar-refractivity contribution in [1.82, 2.24) is 10.3 Å². The van der Waals surface area contributed by atoms with Crippen LogP contribution in [0.3, 0.4) is 0 Å². The number of benzene rings is 1. The number of nitrogens with one attached hydrogen (secondary N) is 2. The summed E-state index contributed by atoms with van der Waals surface area (Å²) in [5.74, 6) is -1.48.